The number of β-amino-alcohol motifs (C(OH)–C–C–N with tert-alkyl or cyclic N) is 1. The van der Waals surface area contributed by atoms with Crippen molar-refractivity contribution in [2.24, 2.45) is 4.99 Å². The van der Waals surface area contributed by atoms with E-state index < -0.39 is 0 Å². The van der Waals surface area contributed by atoms with Gasteiger partial charge in [-0.15, -0.1) is 34.2 Å². The van der Waals surface area contributed by atoms with Gasteiger partial charge in [0.15, 0.2) is 11.6 Å². The fourth-order valence-electron chi connectivity index (χ4n) is 2.84. The second-order valence-electron chi connectivity index (χ2n) is 5.77. The molecule has 132 valence electrons. The standard InChI is InChI=1S/C16H24N6O.HI/c1-2-17-16(21-11-8-13(23)12-21)18-9-5-7-15-20-19-14-6-3-4-10-22(14)15;/h3-4,6,10,13,23H,2,5,7-9,11-12H2,1H3,(H,17,18);1H/t13-;/m1./s1. The lowest BCUT2D eigenvalue weighted by Crippen LogP contribution is -2.40. The highest BCUT2D eigenvalue weighted by atomic mass is 127. The molecule has 0 bridgehead atoms. The molecule has 1 aliphatic heterocycles. The molecule has 24 heavy (non-hydrogen) atoms. The van der Waals surface area contributed by atoms with E-state index in [1.54, 1.807) is 0 Å². The summed E-state index contributed by atoms with van der Waals surface area (Å²) in [6, 6.07) is 5.90. The molecule has 0 aromatic carbocycles. The molecule has 7 nitrogen and oxygen atoms in total. The van der Waals surface area contributed by atoms with Crippen LogP contribution in [0.15, 0.2) is 29.4 Å². The Labute approximate surface area is 159 Å². The topological polar surface area (TPSA) is 78.0 Å². The highest BCUT2D eigenvalue weighted by Crippen LogP contribution is 2.09. The summed E-state index contributed by atoms with van der Waals surface area (Å²) in [7, 11) is 0. The maximum atomic E-state index is 9.67. The number of hydrogen-bond acceptors (Lipinski definition) is 4. The van der Waals surface area contributed by atoms with Crippen LogP contribution in [0.4, 0.5) is 0 Å². The van der Waals surface area contributed by atoms with E-state index in [2.05, 4.69) is 32.3 Å². The van der Waals surface area contributed by atoms with Gasteiger partial charge < -0.3 is 15.3 Å². The summed E-state index contributed by atoms with van der Waals surface area (Å²) in [4.78, 5) is 6.80. The van der Waals surface area contributed by atoms with Crippen molar-refractivity contribution in [2.75, 3.05) is 26.2 Å². The van der Waals surface area contributed by atoms with E-state index >= 15 is 0 Å². The van der Waals surface area contributed by atoms with Crippen molar-refractivity contribution >= 4 is 35.6 Å². The predicted octanol–water partition coefficient (Wildman–Crippen LogP) is 1.31. The predicted molar refractivity (Wildman–Crippen MR) is 105 cm³/mol. The first-order valence-electron chi connectivity index (χ1n) is 8.28. The third kappa shape index (κ3) is 4.56. The van der Waals surface area contributed by atoms with Gasteiger partial charge in [0.05, 0.1) is 6.10 Å². The number of nitrogens with one attached hydrogen (secondary N) is 1. The number of nitrogens with zero attached hydrogens (tertiary/aromatic N) is 5. The molecule has 1 aliphatic rings. The van der Waals surface area contributed by atoms with Gasteiger partial charge in [-0.05, 0) is 31.9 Å². The summed E-state index contributed by atoms with van der Waals surface area (Å²) in [5.74, 6) is 1.87. The molecular weight excluding hydrogens is 419 g/mol. The van der Waals surface area contributed by atoms with Crippen LogP contribution >= 0.6 is 24.0 Å². The number of aliphatic hydroxyl groups excluding tert-OH is 1. The quantitative estimate of drug-likeness (QED) is 0.315. The molecule has 3 heterocycles. The van der Waals surface area contributed by atoms with Crippen LogP contribution in [0.1, 0.15) is 25.6 Å². The van der Waals surface area contributed by atoms with Crippen molar-refractivity contribution in [3.8, 4) is 0 Å². The van der Waals surface area contributed by atoms with E-state index in [1.165, 1.54) is 0 Å². The number of pyridine rings is 1. The number of aromatic nitrogens is 3. The number of fused-ring (bicyclic) bond motifs is 1. The largest absolute Gasteiger partial charge is 0.391 e. The van der Waals surface area contributed by atoms with Gasteiger partial charge in [-0.2, -0.15) is 0 Å². The Balaban J connectivity index is 0.00000208. The first-order valence-corrected chi connectivity index (χ1v) is 8.28. The molecule has 0 saturated carbocycles. The maximum Gasteiger partial charge on any atom is 0.194 e. The number of likely N-dealkylation sites (tertiary alicyclic amines) is 1. The second-order valence-corrected chi connectivity index (χ2v) is 5.77. The molecule has 0 unspecified atom stereocenters. The minimum Gasteiger partial charge on any atom is -0.391 e. The lowest BCUT2D eigenvalue weighted by Gasteiger charge is -2.20. The summed E-state index contributed by atoms with van der Waals surface area (Å²) in [6.45, 7) is 5.16. The Hall–Kier alpha value is -1.42. The normalized spacial score (nSPS) is 18.0. The van der Waals surface area contributed by atoms with Gasteiger partial charge in [0, 0.05) is 38.8 Å². The summed E-state index contributed by atoms with van der Waals surface area (Å²) < 4.78 is 2.02. The number of aliphatic hydroxyl groups is 1. The average molecular weight is 444 g/mol. The molecule has 0 amide bonds. The van der Waals surface area contributed by atoms with Crippen LogP contribution in [0.3, 0.4) is 0 Å². The number of rotatable bonds is 5. The van der Waals surface area contributed by atoms with Crippen molar-refractivity contribution < 1.29 is 5.11 Å². The van der Waals surface area contributed by atoms with Crippen molar-refractivity contribution in [1.29, 1.82) is 0 Å². The number of halogens is 1. The highest BCUT2D eigenvalue weighted by molar-refractivity contribution is 14.0. The van der Waals surface area contributed by atoms with Gasteiger partial charge in [-0.1, -0.05) is 6.07 Å². The van der Waals surface area contributed by atoms with Crippen LogP contribution in [0.2, 0.25) is 0 Å². The van der Waals surface area contributed by atoms with Crippen LogP contribution < -0.4 is 5.32 Å². The minimum atomic E-state index is -0.235. The van der Waals surface area contributed by atoms with E-state index in [-0.39, 0.29) is 30.1 Å². The zero-order valence-electron chi connectivity index (χ0n) is 13.9. The van der Waals surface area contributed by atoms with Gasteiger partial charge in [0.2, 0.25) is 0 Å². The molecule has 0 spiro atoms. The maximum absolute atomic E-state index is 9.67. The number of aryl methyl sites for hydroxylation is 1. The van der Waals surface area contributed by atoms with Crippen molar-refractivity contribution in [2.45, 2.75) is 32.3 Å². The van der Waals surface area contributed by atoms with E-state index in [9.17, 15) is 5.11 Å². The molecule has 3 rings (SSSR count). The fraction of sp³-hybridized carbons (Fsp3) is 0.562. The third-order valence-electron chi connectivity index (χ3n) is 4.00. The second kappa shape index (κ2) is 9.16. The monoisotopic (exact) mass is 444 g/mol. The van der Waals surface area contributed by atoms with Crippen molar-refractivity contribution in [1.82, 2.24) is 24.8 Å². The lowest BCUT2D eigenvalue weighted by atomic mass is 10.3. The number of aliphatic imine (C=N–C) groups is 1. The highest BCUT2D eigenvalue weighted by Gasteiger charge is 2.22. The molecule has 2 N–H and O–H groups in total. The SMILES string of the molecule is CCNC(=NCCCc1nnc2ccccn12)N1CC[C@@H](O)C1.I. The lowest BCUT2D eigenvalue weighted by molar-refractivity contribution is 0.188. The minimum absolute atomic E-state index is 0. The van der Waals surface area contributed by atoms with Gasteiger partial charge in [-0.25, -0.2) is 0 Å². The molecule has 1 fully saturated rings. The molecule has 0 aliphatic carbocycles. The van der Waals surface area contributed by atoms with Crippen LogP contribution in [0.25, 0.3) is 5.65 Å². The summed E-state index contributed by atoms with van der Waals surface area (Å²) >= 11 is 0. The molecule has 2 aromatic heterocycles. The number of guanidine groups is 1. The zero-order valence-corrected chi connectivity index (χ0v) is 16.3. The van der Waals surface area contributed by atoms with Crippen LogP contribution in [-0.2, 0) is 6.42 Å². The van der Waals surface area contributed by atoms with Crippen LogP contribution in [0.5, 0.6) is 0 Å². The summed E-state index contributed by atoms with van der Waals surface area (Å²) in [6.07, 6.45) is 4.33. The van der Waals surface area contributed by atoms with Gasteiger partial charge in [-0.3, -0.25) is 9.39 Å². The van der Waals surface area contributed by atoms with Gasteiger partial charge in [0.1, 0.15) is 5.82 Å². The molecular formula is C16H25IN6O. The summed E-state index contributed by atoms with van der Waals surface area (Å²) in [5, 5.41) is 21.4. The smallest absolute Gasteiger partial charge is 0.194 e. The summed E-state index contributed by atoms with van der Waals surface area (Å²) in [5.41, 5.74) is 0.880. The van der Waals surface area contributed by atoms with Crippen molar-refractivity contribution in [3.63, 3.8) is 0 Å². The Morgan fingerprint density at radius 1 is 1.42 bits per heavy atom. The van der Waals surface area contributed by atoms with Crippen molar-refractivity contribution in [3.05, 3.63) is 30.2 Å². The first-order chi connectivity index (χ1) is 11.3. The van der Waals surface area contributed by atoms with E-state index in [1.807, 2.05) is 28.8 Å². The van der Waals surface area contributed by atoms with Crippen LogP contribution in [0, 0.1) is 0 Å². The molecule has 0 radical (unpaired) electrons. The fourth-order valence-corrected chi connectivity index (χ4v) is 2.84. The molecule has 1 saturated heterocycles. The van der Waals surface area contributed by atoms with E-state index in [4.69, 9.17) is 0 Å². The zero-order chi connectivity index (χ0) is 16.1. The molecule has 1 atom stereocenters. The molecule has 2 aromatic rings. The number of hydrogen-bond donors (Lipinski definition) is 2. The Bertz CT molecular complexity index is 673. The van der Waals surface area contributed by atoms with Gasteiger partial charge >= 0.3 is 0 Å². The van der Waals surface area contributed by atoms with Crippen LogP contribution in [-0.4, -0.2) is 62.8 Å². The van der Waals surface area contributed by atoms with E-state index in [0.717, 1.165) is 56.3 Å². The Kier molecular flexibility index (Phi) is 7.22. The third-order valence-corrected chi connectivity index (χ3v) is 4.00. The van der Waals surface area contributed by atoms with Gasteiger partial charge in [0.25, 0.3) is 0 Å². The Morgan fingerprint density at radius 3 is 3.04 bits per heavy atom. The first kappa shape index (κ1) is 18.9. The van der Waals surface area contributed by atoms with E-state index in [0.29, 0.717) is 6.54 Å². The average Bonchev–Trinajstić information content (AvgIpc) is 3.17. The molecule has 8 heteroatoms. The Morgan fingerprint density at radius 2 is 2.29 bits per heavy atom.